The third-order valence-corrected chi connectivity index (χ3v) is 9.01. The molecule has 1 fully saturated rings. The van der Waals surface area contributed by atoms with Gasteiger partial charge in [0.15, 0.2) is 0 Å². The van der Waals surface area contributed by atoms with E-state index in [0.717, 1.165) is 0 Å². The molecule has 0 radical (unpaired) electrons. The number of hydrogen-bond donors (Lipinski definition) is 6. The maximum atomic E-state index is 11.7. The van der Waals surface area contributed by atoms with E-state index in [0.29, 0.717) is 12.8 Å². The molecule has 11 heteroatoms. The van der Waals surface area contributed by atoms with Crippen molar-refractivity contribution in [2.75, 3.05) is 6.54 Å². The molecule has 1 aliphatic carbocycles. The van der Waals surface area contributed by atoms with Crippen LogP contribution in [0, 0.1) is 5.92 Å². The van der Waals surface area contributed by atoms with Gasteiger partial charge in [-0.05, 0) is 0 Å². The predicted molar refractivity (Wildman–Crippen MR) is 81.9 cm³/mol. The summed E-state index contributed by atoms with van der Waals surface area (Å²) in [5.41, 5.74) is 4.70. The molecule has 4 atom stereocenters. The fraction of sp³-hybridized carbons (Fsp3) is 0.636. The van der Waals surface area contributed by atoms with Crippen LogP contribution < -0.4 is 5.73 Å². The van der Waals surface area contributed by atoms with Crippen molar-refractivity contribution >= 4 is 21.9 Å². The summed E-state index contributed by atoms with van der Waals surface area (Å²) in [6, 6.07) is 0. The average molecular weight is 353 g/mol. The molecule has 1 saturated carbocycles. The first-order valence-corrected chi connectivity index (χ1v) is 9.97. The van der Waals surface area contributed by atoms with E-state index in [2.05, 4.69) is 4.98 Å². The number of Topliss-reactive ketones (excluding diaryl/α,β-unsaturated/α-hetero) is 1. The van der Waals surface area contributed by atoms with Gasteiger partial charge in [0.05, 0.1) is 0 Å². The number of rotatable bonds is 7. The van der Waals surface area contributed by atoms with Gasteiger partial charge in [-0.3, -0.25) is 0 Å². The second kappa shape index (κ2) is 6.55. The summed E-state index contributed by atoms with van der Waals surface area (Å²) in [5, 5.41) is 8.11. The molecule has 0 bridgehead atoms. The Morgan fingerprint density at radius 1 is 1.45 bits per heavy atom. The number of aromatic nitrogens is 2. The van der Waals surface area contributed by atoms with Crippen LogP contribution in [0.3, 0.4) is 0 Å². The topological polar surface area (TPSA) is 162 Å². The summed E-state index contributed by atoms with van der Waals surface area (Å²) in [4.78, 5) is 55.0. The fourth-order valence-electron chi connectivity index (χ4n) is 2.54. The van der Waals surface area contributed by atoms with Gasteiger partial charge in [0.1, 0.15) is 0 Å². The molecule has 9 nitrogen and oxygen atoms in total. The van der Waals surface area contributed by atoms with Crippen LogP contribution in [0.1, 0.15) is 12.8 Å². The first-order valence-electron chi connectivity index (χ1n) is 6.77. The quantitative estimate of drug-likeness (QED) is 0.329. The van der Waals surface area contributed by atoms with E-state index in [-0.39, 0.29) is 12.3 Å². The number of carbonyl (C=O) groups is 1. The van der Waals surface area contributed by atoms with E-state index in [1.54, 1.807) is 0 Å². The van der Waals surface area contributed by atoms with Crippen molar-refractivity contribution in [3.8, 4) is 0 Å². The van der Waals surface area contributed by atoms with Crippen LogP contribution in [0.5, 0.6) is 0 Å². The molecule has 0 saturated heterocycles. The molecule has 1 aliphatic rings. The van der Waals surface area contributed by atoms with Gasteiger partial charge in [0.2, 0.25) is 0 Å². The summed E-state index contributed by atoms with van der Waals surface area (Å²) < 4.78 is 1.33. The zero-order chi connectivity index (χ0) is 16.5. The predicted octanol–water partition coefficient (Wildman–Crippen LogP) is -1.30. The molecule has 0 aliphatic heterocycles. The molecule has 2 rings (SSSR count). The molecule has 126 valence electrons. The Labute approximate surface area is 128 Å². The van der Waals surface area contributed by atoms with Crippen molar-refractivity contribution in [2.45, 2.75) is 30.1 Å². The van der Waals surface area contributed by atoms with Gasteiger partial charge >= 0.3 is 128 Å². The zero-order valence-corrected chi connectivity index (χ0v) is 13.7. The van der Waals surface area contributed by atoms with Gasteiger partial charge in [0, 0.05) is 0 Å². The van der Waals surface area contributed by atoms with Gasteiger partial charge in [0.25, 0.3) is 0 Å². The second-order valence-corrected chi connectivity index (χ2v) is 10.1. The Bertz CT molecular complexity index is 522. The Balaban J connectivity index is 2.24. The van der Waals surface area contributed by atoms with Crippen LogP contribution in [0.15, 0.2) is 18.7 Å². The van der Waals surface area contributed by atoms with Crippen molar-refractivity contribution in [3.05, 3.63) is 18.7 Å². The molecule has 1 aromatic heterocycles. The monoisotopic (exact) mass is 353 g/mol. The number of hydrogen-bond acceptors (Lipinski definition) is 8. The minimum absolute atomic E-state index is 0.176. The van der Waals surface area contributed by atoms with Gasteiger partial charge in [-0.25, -0.2) is 0 Å². The van der Waals surface area contributed by atoms with Crippen molar-refractivity contribution in [1.82, 2.24) is 9.55 Å². The van der Waals surface area contributed by atoms with Crippen LogP contribution in [0.4, 0.5) is 0 Å². The minimum atomic E-state index is -5.11. The van der Waals surface area contributed by atoms with E-state index >= 15 is 0 Å². The molecule has 1 aromatic rings. The Morgan fingerprint density at radius 2 is 2.14 bits per heavy atom. The van der Waals surface area contributed by atoms with Crippen molar-refractivity contribution < 1.29 is 29.5 Å². The third kappa shape index (κ3) is 3.22. The SMILES string of the molecule is NCC(=O)C1CCC1[P@](O)C(O)(Cn1ccnc1)[PH](O)(O)O. The maximum absolute atomic E-state index is 11.7. The molecular formula is C11H21N3O6P2. The molecule has 7 N–H and O–H groups in total. The van der Waals surface area contributed by atoms with Gasteiger partial charge in [-0.1, -0.05) is 0 Å². The fourth-order valence-corrected chi connectivity index (χ4v) is 6.57. The van der Waals surface area contributed by atoms with Crippen LogP contribution >= 0.6 is 16.1 Å². The molecule has 0 aromatic carbocycles. The van der Waals surface area contributed by atoms with E-state index in [1.165, 1.54) is 23.3 Å². The number of carbonyl (C=O) groups excluding carboxylic acids is 1. The molecule has 0 amide bonds. The van der Waals surface area contributed by atoms with Crippen LogP contribution in [0.25, 0.3) is 0 Å². The van der Waals surface area contributed by atoms with Crippen molar-refractivity contribution in [3.63, 3.8) is 0 Å². The van der Waals surface area contributed by atoms with Gasteiger partial charge in [-0.2, -0.15) is 0 Å². The normalized spacial score (nSPS) is 26.8. The average Bonchev–Trinajstić information content (AvgIpc) is 2.88. The van der Waals surface area contributed by atoms with Crippen molar-refractivity contribution in [2.24, 2.45) is 11.7 Å². The number of imidazole rings is 1. The number of nitrogens with two attached hydrogens (primary N) is 1. The van der Waals surface area contributed by atoms with E-state index in [1.807, 2.05) is 0 Å². The Hall–Kier alpha value is -0.500. The summed E-state index contributed by atoms with van der Waals surface area (Å²) in [6.07, 6.45) is 5.17. The summed E-state index contributed by atoms with van der Waals surface area (Å²) in [7, 11) is -7.54. The first-order chi connectivity index (χ1) is 10.2. The number of nitrogens with zero attached hydrogens (tertiary/aromatic N) is 2. The zero-order valence-electron chi connectivity index (χ0n) is 11.8. The van der Waals surface area contributed by atoms with Crippen LogP contribution in [-0.2, 0) is 11.3 Å². The molecule has 22 heavy (non-hydrogen) atoms. The first kappa shape index (κ1) is 17.8. The summed E-state index contributed by atoms with van der Waals surface area (Å²) in [5.74, 6) is -0.768. The van der Waals surface area contributed by atoms with Crippen molar-refractivity contribution in [1.29, 1.82) is 0 Å². The van der Waals surface area contributed by atoms with E-state index < -0.39 is 39.3 Å². The van der Waals surface area contributed by atoms with Crippen LogP contribution in [0.2, 0.25) is 0 Å². The standard InChI is InChI=1S/C11H21N3O6P2/c12-5-9(15)8-1-2-10(8)21(17)11(16,22(18,19)20)6-14-4-3-13-7-14/h3-4,7-8,10,16-20,22H,1-2,5-6,12H2/t8?,10?,11?,21-/m0/s1. The summed E-state index contributed by atoms with van der Waals surface area (Å²) in [6.45, 7) is -0.602. The molecule has 1 heterocycles. The van der Waals surface area contributed by atoms with E-state index in [9.17, 15) is 29.5 Å². The molecule has 3 unspecified atom stereocenters. The van der Waals surface area contributed by atoms with Gasteiger partial charge in [-0.15, -0.1) is 0 Å². The molecule has 0 spiro atoms. The van der Waals surface area contributed by atoms with Gasteiger partial charge < -0.3 is 0 Å². The Morgan fingerprint density at radius 3 is 2.55 bits per heavy atom. The van der Waals surface area contributed by atoms with E-state index in [4.69, 9.17) is 5.73 Å². The third-order valence-electron chi connectivity index (χ3n) is 4.05. The molecular weight excluding hydrogens is 332 g/mol. The number of aliphatic hydroxyl groups is 1. The number of ketones is 1. The summed E-state index contributed by atoms with van der Waals surface area (Å²) >= 11 is 0. The van der Waals surface area contributed by atoms with Crippen LogP contribution in [-0.4, -0.2) is 57.3 Å². The Kier molecular flexibility index (Phi) is 5.31. The second-order valence-electron chi connectivity index (χ2n) is 5.45.